The summed E-state index contributed by atoms with van der Waals surface area (Å²) >= 11 is 1.41. The maximum atomic E-state index is 12.8. The monoisotopic (exact) mass is 408 g/mol. The molecule has 150 valence electrons. The van der Waals surface area contributed by atoms with Crippen molar-refractivity contribution in [2.75, 3.05) is 11.4 Å². The maximum Gasteiger partial charge on any atom is 0.261 e. The lowest BCUT2D eigenvalue weighted by atomic mass is 10.1. The number of amides is 2. The molecule has 1 aromatic carbocycles. The summed E-state index contributed by atoms with van der Waals surface area (Å²) in [4.78, 5) is 37.3. The smallest absolute Gasteiger partial charge is 0.261 e. The Bertz CT molecular complexity index is 1110. The molecule has 0 aliphatic carbocycles. The van der Waals surface area contributed by atoms with Gasteiger partial charge in [0.2, 0.25) is 5.91 Å². The van der Waals surface area contributed by atoms with Gasteiger partial charge in [0.05, 0.1) is 4.88 Å². The van der Waals surface area contributed by atoms with Crippen LogP contribution in [0.4, 0.5) is 5.69 Å². The van der Waals surface area contributed by atoms with Crippen LogP contribution in [0.25, 0.3) is 10.2 Å². The first-order valence-electron chi connectivity index (χ1n) is 9.86. The normalized spacial score (nSPS) is 14.4. The Morgan fingerprint density at radius 3 is 2.83 bits per heavy atom. The average Bonchev–Trinajstić information content (AvgIpc) is 3.03. The number of hydrogen-bond acceptors (Lipinski definition) is 5. The van der Waals surface area contributed by atoms with E-state index in [0.29, 0.717) is 23.7 Å². The molecule has 0 bridgehead atoms. The first kappa shape index (κ1) is 19.5. The van der Waals surface area contributed by atoms with E-state index in [1.807, 2.05) is 49.9 Å². The zero-order valence-electron chi connectivity index (χ0n) is 16.9. The Labute approximate surface area is 174 Å². The Morgan fingerprint density at radius 2 is 2.03 bits per heavy atom. The predicted octanol–water partition coefficient (Wildman–Crippen LogP) is 4.06. The fourth-order valence-corrected chi connectivity index (χ4v) is 5.06. The van der Waals surface area contributed by atoms with Gasteiger partial charge in [-0.3, -0.25) is 9.59 Å². The number of nitrogens with zero attached hydrogens (tertiary/aromatic N) is 3. The van der Waals surface area contributed by atoms with Gasteiger partial charge in [-0.2, -0.15) is 0 Å². The second-order valence-electron chi connectivity index (χ2n) is 7.45. The van der Waals surface area contributed by atoms with E-state index in [1.165, 1.54) is 11.3 Å². The number of thiophene rings is 1. The Morgan fingerprint density at radius 1 is 1.21 bits per heavy atom. The molecule has 3 aromatic rings. The molecule has 6 nitrogen and oxygen atoms in total. The van der Waals surface area contributed by atoms with Crippen LogP contribution in [-0.4, -0.2) is 28.3 Å². The number of fused-ring (bicyclic) bond motifs is 1. The molecule has 1 N–H and O–H groups in total. The van der Waals surface area contributed by atoms with Crippen molar-refractivity contribution in [1.82, 2.24) is 15.3 Å². The van der Waals surface area contributed by atoms with Crippen molar-refractivity contribution >= 4 is 39.1 Å². The van der Waals surface area contributed by atoms with Gasteiger partial charge < -0.3 is 10.2 Å². The molecule has 1 aliphatic heterocycles. The van der Waals surface area contributed by atoms with E-state index in [2.05, 4.69) is 15.3 Å². The number of nitrogens with one attached hydrogen (secondary N) is 1. The molecule has 2 aromatic heterocycles. The van der Waals surface area contributed by atoms with Gasteiger partial charge in [-0.15, -0.1) is 11.3 Å². The van der Waals surface area contributed by atoms with E-state index in [4.69, 9.17) is 0 Å². The minimum absolute atomic E-state index is 0.109. The number of benzene rings is 1. The van der Waals surface area contributed by atoms with Crippen molar-refractivity contribution in [3.63, 3.8) is 0 Å². The third-order valence-electron chi connectivity index (χ3n) is 5.29. The summed E-state index contributed by atoms with van der Waals surface area (Å²) in [5.41, 5.74) is 3.70. The standard InChI is InChI=1S/C22H24N4O2S/c1-13-19-14(2)24-15(3)25-22(19)29-20(13)21(28)23-12-16-7-6-8-17(11-16)26-10-5-4-9-18(26)27/h6-8,11H,4-5,9-10,12H2,1-3H3,(H,23,28). The van der Waals surface area contributed by atoms with Crippen LogP contribution in [0.15, 0.2) is 24.3 Å². The second kappa shape index (κ2) is 7.91. The van der Waals surface area contributed by atoms with Gasteiger partial charge in [-0.1, -0.05) is 12.1 Å². The Balaban J connectivity index is 1.51. The number of aromatic nitrogens is 2. The molecule has 0 unspecified atom stereocenters. The van der Waals surface area contributed by atoms with Crippen LogP contribution in [0.2, 0.25) is 0 Å². The van der Waals surface area contributed by atoms with E-state index < -0.39 is 0 Å². The van der Waals surface area contributed by atoms with Crippen LogP contribution in [-0.2, 0) is 11.3 Å². The summed E-state index contributed by atoms with van der Waals surface area (Å²) in [7, 11) is 0. The fraction of sp³-hybridized carbons (Fsp3) is 0.364. The van der Waals surface area contributed by atoms with Crippen LogP contribution in [0, 0.1) is 20.8 Å². The van der Waals surface area contributed by atoms with Gasteiger partial charge >= 0.3 is 0 Å². The van der Waals surface area contributed by atoms with Crippen molar-refractivity contribution in [3.05, 3.63) is 51.8 Å². The summed E-state index contributed by atoms with van der Waals surface area (Å²) in [6.45, 7) is 6.93. The van der Waals surface area contributed by atoms with Crippen LogP contribution in [0.5, 0.6) is 0 Å². The molecule has 7 heteroatoms. The van der Waals surface area contributed by atoms with E-state index in [1.54, 1.807) is 0 Å². The van der Waals surface area contributed by atoms with E-state index in [9.17, 15) is 9.59 Å². The van der Waals surface area contributed by atoms with Gasteiger partial charge in [0.25, 0.3) is 5.91 Å². The van der Waals surface area contributed by atoms with Gasteiger partial charge in [0.1, 0.15) is 10.7 Å². The second-order valence-corrected chi connectivity index (χ2v) is 8.45. The molecule has 3 heterocycles. The number of anilines is 1. The molecule has 0 saturated carbocycles. The number of carbonyl (C=O) groups excluding carboxylic acids is 2. The minimum atomic E-state index is -0.109. The van der Waals surface area contributed by atoms with Crippen molar-refractivity contribution in [2.24, 2.45) is 0 Å². The van der Waals surface area contributed by atoms with E-state index in [0.717, 1.165) is 52.1 Å². The van der Waals surface area contributed by atoms with Crippen LogP contribution < -0.4 is 10.2 Å². The first-order chi connectivity index (χ1) is 13.9. The molecule has 29 heavy (non-hydrogen) atoms. The van der Waals surface area contributed by atoms with Crippen molar-refractivity contribution < 1.29 is 9.59 Å². The van der Waals surface area contributed by atoms with Gasteiger partial charge in [-0.25, -0.2) is 9.97 Å². The summed E-state index contributed by atoms with van der Waals surface area (Å²) in [5.74, 6) is 0.777. The lowest BCUT2D eigenvalue weighted by Crippen LogP contribution is -2.35. The molecule has 0 atom stereocenters. The van der Waals surface area contributed by atoms with E-state index in [-0.39, 0.29) is 11.8 Å². The third-order valence-corrected chi connectivity index (χ3v) is 6.47. The SMILES string of the molecule is Cc1nc(C)c2c(C)c(C(=O)NCc3cccc(N4CCCCC4=O)c3)sc2n1. The minimum Gasteiger partial charge on any atom is -0.347 e. The number of hydrogen-bond donors (Lipinski definition) is 1. The lowest BCUT2D eigenvalue weighted by Gasteiger charge is -2.27. The number of aryl methyl sites for hydroxylation is 3. The largest absolute Gasteiger partial charge is 0.347 e. The molecule has 2 amide bonds. The quantitative estimate of drug-likeness (QED) is 0.706. The van der Waals surface area contributed by atoms with Crippen molar-refractivity contribution in [1.29, 1.82) is 0 Å². The summed E-state index contributed by atoms with van der Waals surface area (Å²) in [6.07, 6.45) is 2.59. The highest BCUT2D eigenvalue weighted by molar-refractivity contribution is 7.20. The van der Waals surface area contributed by atoms with Crippen LogP contribution >= 0.6 is 11.3 Å². The molecule has 0 radical (unpaired) electrons. The van der Waals surface area contributed by atoms with Crippen LogP contribution in [0.1, 0.15) is 51.6 Å². The molecule has 1 fully saturated rings. The fourth-order valence-electron chi connectivity index (χ4n) is 3.87. The molecular formula is C22H24N4O2S. The topological polar surface area (TPSA) is 75.2 Å². The van der Waals surface area contributed by atoms with Gasteiger partial charge in [-0.05, 0) is 56.9 Å². The molecule has 1 saturated heterocycles. The summed E-state index contributed by atoms with van der Waals surface area (Å²) in [5, 5.41) is 3.98. The number of rotatable bonds is 4. The van der Waals surface area contributed by atoms with Crippen molar-refractivity contribution in [2.45, 2.75) is 46.6 Å². The highest BCUT2D eigenvalue weighted by atomic mass is 32.1. The highest BCUT2D eigenvalue weighted by Crippen LogP contribution is 2.31. The molecule has 0 spiro atoms. The maximum absolute atomic E-state index is 12.8. The predicted molar refractivity (Wildman–Crippen MR) is 115 cm³/mol. The Kier molecular flexibility index (Phi) is 5.32. The first-order valence-corrected chi connectivity index (χ1v) is 10.7. The lowest BCUT2D eigenvalue weighted by molar-refractivity contribution is -0.119. The highest BCUT2D eigenvalue weighted by Gasteiger charge is 2.21. The summed E-state index contributed by atoms with van der Waals surface area (Å²) in [6, 6.07) is 7.84. The zero-order chi connectivity index (χ0) is 20.5. The summed E-state index contributed by atoms with van der Waals surface area (Å²) < 4.78 is 0. The van der Waals surface area contributed by atoms with Crippen LogP contribution in [0.3, 0.4) is 0 Å². The molecule has 1 aliphatic rings. The number of piperidine rings is 1. The zero-order valence-corrected chi connectivity index (χ0v) is 17.7. The molecular weight excluding hydrogens is 384 g/mol. The molecule has 4 rings (SSSR count). The van der Waals surface area contributed by atoms with Crippen molar-refractivity contribution in [3.8, 4) is 0 Å². The van der Waals surface area contributed by atoms with E-state index >= 15 is 0 Å². The van der Waals surface area contributed by atoms with Gasteiger partial charge in [0.15, 0.2) is 0 Å². The Hall–Kier alpha value is -2.80. The average molecular weight is 409 g/mol. The van der Waals surface area contributed by atoms with Gasteiger partial charge in [0, 0.05) is 36.3 Å². The third kappa shape index (κ3) is 3.87. The number of carbonyl (C=O) groups is 2.